The van der Waals surface area contributed by atoms with Crippen LogP contribution in [0.4, 0.5) is 10.2 Å². The summed E-state index contributed by atoms with van der Waals surface area (Å²) >= 11 is 1.77. The molecule has 0 saturated carbocycles. The van der Waals surface area contributed by atoms with Gasteiger partial charge in [-0.05, 0) is 37.6 Å². The molecule has 2 nitrogen and oxygen atoms in total. The first kappa shape index (κ1) is 11.1. The largest absolute Gasteiger partial charge is 0.366 e. The van der Waals surface area contributed by atoms with E-state index in [9.17, 15) is 4.39 Å². The minimum absolute atomic E-state index is 0.455. The molecule has 2 heterocycles. The highest BCUT2D eigenvalue weighted by molar-refractivity contribution is 7.12. The third kappa shape index (κ3) is 2.58. The molecule has 0 aliphatic heterocycles. The first-order valence-electron chi connectivity index (χ1n) is 5.07. The van der Waals surface area contributed by atoms with Crippen LogP contribution in [-0.2, 0) is 6.54 Å². The minimum Gasteiger partial charge on any atom is -0.366 e. The Hall–Kier alpha value is -1.42. The standard InChI is InChI=1S/C12H13FN2S/c1-8-6-10(9(2)16-8)7-14-12-5-3-4-11(13)15-12/h3-6H,7H2,1-2H3,(H,14,15). The van der Waals surface area contributed by atoms with E-state index in [1.165, 1.54) is 21.4 Å². The molecule has 0 aromatic carbocycles. The Morgan fingerprint density at radius 1 is 1.38 bits per heavy atom. The number of rotatable bonds is 3. The summed E-state index contributed by atoms with van der Waals surface area (Å²) in [5.41, 5.74) is 1.24. The van der Waals surface area contributed by atoms with Crippen molar-refractivity contribution < 1.29 is 4.39 Å². The number of nitrogens with one attached hydrogen (secondary N) is 1. The van der Waals surface area contributed by atoms with E-state index in [0.29, 0.717) is 12.4 Å². The van der Waals surface area contributed by atoms with Crippen LogP contribution in [-0.4, -0.2) is 4.98 Å². The minimum atomic E-state index is -0.455. The Balaban J connectivity index is 2.05. The Bertz CT molecular complexity index is 494. The van der Waals surface area contributed by atoms with E-state index in [1.54, 1.807) is 23.5 Å². The van der Waals surface area contributed by atoms with Gasteiger partial charge < -0.3 is 5.32 Å². The van der Waals surface area contributed by atoms with E-state index in [0.717, 1.165) is 0 Å². The number of aryl methyl sites for hydroxylation is 2. The molecule has 2 aromatic rings. The molecule has 0 bridgehead atoms. The van der Waals surface area contributed by atoms with Crippen LogP contribution in [0.5, 0.6) is 0 Å². The Morgan fingerprint density at radius 3 is 2.81 bits per heavy atom. The summed E-state index contributed by atoms with van der Waals surface area (Å²) in [6.45, 7) is 4.86. The molecule has 0 aliphatic carbocycles. The molecule has 0 saturated heterocycles. The van der Waals surface area contributed by atoms with Crippen molar-refractivity contribution in [2.45, 2.75) is 20.4 Å². The number of halogens is 1. The van der Waals surface area contributed by atoms with Crippen LogP contribution in [0.2, 0.25) is 0 Å². The highest BCUT2D eigenvalue weighted by atomic mass is 32.1. The summed E-state index contributed by atoms with van der Waals surface area (Å²) in [4.78, 5) is 6.34. The number of anilines is 1. The second-order valence-corrected chi connectivity index (χ2v) is 5.10. The summed E-state index contributed by atoms with van der Waals surface area (Å²) in [7, 11) is 0. The smallest absolute Gasteiger partial charge is 0.214 e. The Labute approximate surface area is 98.2 Å². The summed E-state index contributed by atoms with van der Waals surface area (Å²) < 4.78 is 12.8. The Morgan fingerprint density at radius 2 is 2.19 bits per heavy atom. The van der Waals surface area contributed by atoms with E-state index < -0.39 is 5.95 Å². The van der Waals surface area contributed by atoms with Crippen LogP contribution in [0.15, 0.2) is 24.3 Å². The van der Waals surface area contributed by atoms with E-state index in [1.807, 2.05) is 0 Å². The zero-order valence-corrected chi connectivity index (χ0v) is 10.1. The number of thiophene rings is 1. The van der Waals surface area contributed by atoms with E-state index in [2.05, 4.69) is 30.2 Å². The van der Waals surface area contributed by atoms with Crippen LogP contribution in [0.25, 0.3) is 0 Å². The lowest BCUT2D eigenvalue weighted by atomic mass is 10.2. The van der Waals surface area contributed by atoms with Crippen LogP contribution in [0.3, 0.4) is 0 Å². The molecule has 0 radical (unpaired) electrons. The SMILES string of the molecule is Cc1cc(CNc2cccc(F)n2)c(C)s1. The van der Waals surface area contributed by atoms with Gasteiger partial charge in [0.15, 0.2) is 0 Å². The van der Waals surface area contributed by atoms with E-state index in [-0.39, 0.29) is 0 Å². The van der Waals surface area contributed by atoms with Gasteiger partial charge in [0.25, 0.3) is 0 Å². The number of hydrogen-bond acceptors (Lipinski definition) is 3. The van der Waals surface area contributed by atoms with Crippen molar-refractivity contribution in [2.24, 2.45) is 0 Å². The van der Waals surface area contributed by atoms with Crippen LogP contribution < -0.4 is 5.32 Å². The fraction of sp³-hybridized carbons (Fsp3) is 0.250. The summed E-state index contributed by atoms with van der Waals surface area (Å²) in [5.74, 6) is 0.117. The molecule has 0 fully saturated rings. The van der Waals surface area contributed by atoms with Gasteiger partial charge in [-0.3, -0.25) is 0 Å². The van der Waals surface area contributed by atoms with Gasteiger partial charge in [-0.15, -0.1) is 11.3 Å². The van der Waals surface area contributed by atoms with Crippen LogP contribution >= 0.6 is 11.3 Å². The molecule has 0 aliphatic rings. The van der Waals surface area contributed by atoms with Gasteiger partial charge in [-0.2, -0.15) is 4.39 Å². The number of hydrogen-bond donors (Lipinski definition) is 1. The fourth-order valence-electron chi connectivity index (χ4n) is 1.55. The first-order valence-corrected chi connectivity index (χ1v) is 5.89. The van der Waals surface area contributed by atoms with Crippen molar-refractivity contribution in [3.8, 4) is 0 Å². The number of nitrogens with zero attached hydrogens (tertiary/aromatic N) is 1. The predicted molar refractivity (Wildman–Crippen MR) is 65.3 cm³/mol. The fourth-order valence-corrected chi connectivity index (χ4v) is 2.50. The van der Waals surface area contributed by atoms with Gasteiger partial charge in [0.2, 0.25) is 5.95 Å². The summed E-state index contributed by atoms with van der Waals surface area (Å²) in [6, 6.07) is 6.89. The first-order chi connectivity index (χ1) is 7.65. The third-order valence-electron chi connectivity index (χ3n) is 2.32. The third-order valence-corrected chi connectivity index (χ3v) is 3.33. The highest BCUT2D eigenvalue weighted by Gasteiger charge is 2.03. The zero-order valence-electron chi connectivity index (χ0n) is 9.25. The summed E-state index contributed by atoms with van der Waals surface area (Å²) in [5, 5.41) is 3.11. The number of pyridine rings is 1. The lowest BCUT2D eigenvalue weighted by molar-refractivity contribution is 0.585. The zero-order chi connectivity index (χ0) is 11.5. The molecule has 2 aromatic heterocycles. The molecule has 0 atom stereocenters. The van der Waals surface area contributed by atoms with Gasteiger partial charge >= 0.3 is 0 Å². The maximum atomic E-state index is 12.8. The van der Waals surface area contributed by atoms with Gasteiger partial charge in [0.1, 0.15) is 5.82 Å². The van der Waals surface area contributed by atoms with Gasteiger partial charge in [-0.1, -0.05) is 6.07 Å². The lowest BCUT2D eigenvalue weighted by Gasteiger charge is -2.04. The highest BCUT2D eigenvalue weighted by Crippen LogP contribution is 2.21. The maximum absolute atomic E-state index is 12.8. The molecule has 16 heavy (non-hydrogen) atoms. The van der Waals surface area contributed by atoms with Gasteiger partial charge in [0, 0.05) is 16.3 Å². The van der Waals surface area contributed by atoms with Crippen molar-refractivity contribution in [3.05, 3.63) is 45.5 Å². The van der Waals surface area contributed by atoms with Crippen molar-refractivity contribution in [2.75, 3.05) is 5.32 Å². The predicted octanol–water partition coefficient (Wildman–Crippen LogP) is 3.51. The van der Waals surface area contributed by atoms with Crippen molar-refractivity contribution in [1.82, 2.24) is 4.98 Å². The molecule has 0 unspecified atom stereocenters. The van der Waals surface area contributed by atoms with Crippen molar-refractivity contribution >= 4 is 17.2 Å². The summed E-state index contributed by atoms with van der Waals surface area (Å²) in [6.07, 6.45) is 0. The second-order valence-electron chi connectivity index (χ2n) is 3.64. The normalized spacial score (nSPS) is 10.4. The van der Waals surface area contributed by atoms with Crippen LogP contribution in [0.1, 0.15) is 15.3 Å². The Kier molecular flexibility index (Phi) is 3.19. The molecular weight excluding hydrogens is 223 g/mol. The van der Waals surface area contributed by atoms with E-state index in [4.69, 9.17) is 0 Å². The molecular formula is C12H13FN2S. The molecule has 1 N–H and O–H groups in total. The average Bonchev–Trinajstić information content (AvgIpc) is 2.54. The topological polar surface area (TPSA) is 24.9 Å². The molecule has 0 amide bonds. The van der Waals surface area contributed by atoms with E-state index >= 15 is 0 Å². The quantitative estimate of drug-likeness (QED) is 0.825. The average molecular weight is 236 g/mol. The molecule has 2 rings (SSSR count). The lowest BCUT2D eigenvalue weighted by Crippen LogP contribution is -2.01. The van der Waals surface area contributed by atoms with Crippen molar-refractivity contribution in [1.29, 1.82) is 0 Å². The monoisotopic (exact) mass is 236 g/mol. The molecule has 4 heteroatoms. The molecule has 84 valence electrons. The van der Waals surface area contributed by atoms with Crippen LogP contribution in [0, 0.1) is 19.8 Å². The molecule has 0 spiro atoms. The maximum Gasteiger partial charge on any atom is 0.214 e. The van der Waals surface area contributed by atoms with Gasteiger partial charge in [-0.25, -0.2) is 4.98 Å². The van der Waals surface area contributed by atoms with Gasteiger partial charge in [0.05, 0.1) is 0 Å². The van der Waals surface area contributed by atoms with Crippen molar-refractivity contribution in [3.63, 3.8) is 0 Å². The number of aromatic nitrogens is 1. The second kappa shape index (κ2) is 4.61.